The summed E-state index contributed by atoms with van der Waals surface area (Å²) in [6.07, 6.45) is 6.59. The van der Waals surface area contributed by atoms with Crippen LogP contribution in [0.4, 0.5) is 5.69 Å². The summed E-state index contributed by atoms with van der Waals surface area (Å²) in [6, 6.07) is 8.75. The van der Waals surface area contributed by atoms with Gasteiger partial charge in [0.25, 0.3) is 5.91 Å². The Labute approximate surface area is 140 Å². The van der Waals surface area contributed by atoms with Crippen LogP contribution in [0.5, 0.6) is 5.75 Å². The van der Waals surface area contributed by atoms with Gasteiger partial charge in [-0.05, 0) is 49.6 Å². The van der Waals surface area contributed by atoms with Gasteiger partial charge in [0.15, 0.2) is 0 Å². The molecule has 0 bridgehead atoms. The molecule has 1 saturated carbocycles. The minimum atomic E-state index is -0.238. The summed E-state index contributed by atoms with van der Waals surface area (Å²) in [4.78, 5) is 17.0. The fourth-order valence-electron chi connectivity index (χ4n) is 2.76. The van der Waals surface area contributed by atoms with Gasteiger partial charge >= 0.3 is 0 Å². The predicted molar refractivity (Wildman–Crippen MR) is 93.1 cm³/mol. The molecule has 1 heterocycles. The van der Waals surface area contributed by atoms with E-state index in [4.69, 9.17) is 0 Å². The van der Waals surface area contributed by atoms with Crippen molar-refractivity contribution in [2.24, 2.45) is 0 Å². The van der Waals surface area contributed by atoms with Crippen LogP contribution in [-0.4, -0.2) is 21.2 Å². The van der Waals surface area contributed by atoms with E-state index in [1.807, 2.05) is 13.0 Å². The lowest BCUT2D eigenvalue weighted by Crippen LogP contribution is -2.14. The summed E-state index contributed by atoms with van der Waals surface area (Å²) in [5, 5.41) is 14.0. The van der Waals surface area contributed by atoms with Crippen molar-refractivity contribution < 1.29 is 9.90 Å². The van der Waals surface area contributed by atoms with E-state index in [0.717, 1.165) is 10.6 Å². The molecule has 0 atom stereocenters. The first-order valence-electron chi connectivity index (χ1n) is 7.86. The third-order valence-electron chi connectivity index (χ3n) is 4.00. The summed E-state index contributed by atoms with van der Waals surface area (Å²) >= 11 is 1.69. The second-order valence-electron chi connectivity index (χ2n) is 5.86. The van der Waals surface area contributed by atoms with E-state index >= 15 is 0 Å². The van der Waals surface area contributed by atoms with Crippen molar-refractivity contribution in [1.82, 2.24) is 4.98 Å². The predicted octanol–water partition coefficient (Wildman–Crippen LogP) is 4.38. The number of amides is 1. The summed E-state index contributed by atoms with van der Waals surface area (Å²) in [5.41, 5.74) is 1.92. The second kappa shape index (κ2) is 7.04. The van der Waals surface area contributed by atoms with E-state index in [1.165, 1.54) is 25.7 Å². The van der Waals surface area contributed by atoms with Gasteiger partial charge in [-0.15, -0.1) is 11.8 Å². The molecule has 1 aliphatic rings. The molecule has 0 unspecified atom stereocenters. The van der Waals surface area contributed by atoms with E-state index in [1.54, 1.807) is 42.2 Å². The number of benzene rings is 1. The molecule has 1 aromatic carbocycles. The first-order valence-corrected chi connectivity index (χ1v) is 8.74. The zero-order valence-electron chi connectivity index (χ0n) is 13.1. The van der Waals surface area contributed by atoms with Crippen LogP contribution in [0.1, 0.15) is 41.6 Å². The van der Waals surface area contributed by atoms with Gasteiger partial charge in [0.1, 0.15) is 10.8 Å². The molecule has 1 amide bonds. The molecule has 1 aromatic heterocycles. The number of nitrogens with zero attached hydrogens (tertiary/aromatic N) is 1. The first-order chi connectivity index (χ1) is 11.1. The Morgan fingerprint density at radius 2 is 2.09 bits per heavy atom. The zero-order chi connectivity index (χ0) is 16.2. The quantitative estimate of drug-likeness (QED) is 0.818. The number of phenols is 1. The Bertz CT molecular complexity index is 712. The van der Waals surface area contributed by atoms with Crippen LogP contribution < -0.4 is 5.32 Å². The lowest BCUT2D eigenvalue weighted by molar-refractivity contribution is 0.102. The maximum atomic E-state index is 12.6. The van der Waals surface area contributed by atoms with Crippen molar-refractivity contribution in [3.8, 4) is 5.75 Å². The highest BCUT2D eigenvalue weighted by molar-refractivity contribution is 7.99. The van der Waals surface area contributed by atoms with Crippen LogP contribution in [0.25, 0.3) is 0 Å². The Balaban J connectivity index is 1.78. The number of thioether (sulfide) groups is 1. The number of phenolic OH excluding ortho intramolecular Hbond substituents is 1. The summed E-state index contributed by atoms with van der Waals surface area (Å²) in [5.74, 6) is -0.162. The highest BCUT2D eigenvalue weighted by Crippen LogP contribution is 2.35. The van der Waals surface area contributed by atoms with Gasteiger partial charge in [-0.3, -0.25) is 4.79 Å². The van der Waals surface area contributed by atoms with Gasteiger partial charge in [0, 0.05) is 11.4 Å². The number of pyridine rings is 1. The van der Waals surface area contributed by atoms with Crippen molar-refractivity contribution in [3.05, 3.63) is 47.7 Å². The number of hydrogen-bond acceptors (Lipinski definition) is 4. The van der Waals surface area contributed by atoms with E-state index in [-0.39, 0.29) is 11.7 Å². The van der Waals surface area contributed by atoms with Crippen LogP contribution in [0.3, 0.4) is 0 Å². The minimum absolute atomic E-state index is 0.0761. The van der Waals surface area contributed by atoms with E-state index < -0.39 is 0 Å². The van der Waals surface area contributed by atoms with Crippen molar-refractivity contribution in [1.29, 1.82) is 0 Å². The fraction of sp³-hybridized carbons (Fsp3) is 0.333. The first kappa shape index (κ1) is 15.9. The van der Waals surface area contributed by atoms with E-state index in [0.29, 0.717) is 16.5 Å². The highest BCUT2D eigenvalue weighted by Gasteiger charge is 2.21. The second-order valence-corrected chi connectivity index (χ2v) is 7.14. The maximum Gasteiger partial charge on any atom is 0.258 e. The number of rotatable bonds is 4. The lowest BCUT2D eigenvalue weighted by Gasteiger charge is -2.13. The molecular formula is C18H20N2O2S. The molecule has 0 aliphatic heterocycles. The number of aromatic nitrogens is 1. The van der Waals surface area contributed by atoms with Gasteiger partial charge in [-0.2, -0.15) is 0 Å². The van der Waals surface area contributed by atoms with E-state index in [9.17, 15) is 9.90 Å². The molecule has 0 radical (unpaired) electrons. The summed E-state index contributed by atoms with van der Waals surface area (Å²) in [7, 11) is 0. The van der Waals surface area contributed by atoms with Gasteiger partial charge < -0.3 is 10.4 Å². The molecule has 4 nitrogen and oxygen atoms in total. The number of hydrogen-bond donors (Lipinski definition) is 2. The summed E-state index contributed by atoms with van der Waals surface area (Å²) in [6.45, 7) is 1.89. The highest BCUT2D eigenvalue weighted by atomic mass is 32.2. The van der Waals surface area contributed by atoms with Crippen molar-refractivity contribution in [2.75, 3.05) is 5.32 Å². The van der Waals surface area contributed by atoms with Gasteiger partial charge in [-0.25, -0.2) is 4.98 Å². The average Bonchev–Trinajstić information content (AvgIpc) is 3.03. The smallest absolute Gasteiger partial charge is 0.258 e. The normalized spacial score (nSPS) is 14.8. The molecule has 1 fully saturated rings. The average molecular weight is 328 g/mol. The number of aromatic hydroxyl groups is 1. The minimum Gasteiger partial charge on any atom is -0.506 e. The standard InChI is InChI=1S/C18H20N2O2S/c1-12-8-9-15(16(21)11-12)20-17(22)14-7-4-10-19-18(14)23-13-5-2-3-6-13/h4,7-11,13,21H,2-3,5-6H2,1H3,(H,20,22). The van der Waals surface area contributed by atoms with Gasteiger partial charge in [-0.1, -0.05) is 18.9 Å². The SMILES string of the molecule is Cc1ccc(NC(=O)c2cccnc2SC2CCCC2)c(O)c1. The number of carbonyl (C=O) groups is 1. The Hall–Kier alpha value is -2.01. The monoisotopic (exact) mass is 328 g/mol. The molecule has 23 heavy (non-hydrogen) atoms. The molecule has 3 rings (SSSR count). The van der Waals surface area contributed by atoms with Gasteiger partial charge in [0.2, 0.25) is 0 Å². The van der Waals surface area contributed by atoms with Gasteiger partial charge in [0.05, 0.1) is 11.3 Å². The summed E-state index contributed by atoms with van der Waals surface area (Å²) < 4.78 is 0. The third kappa shape index (κ3) is 3.85. The molecular weight excluding hydrogens is 308 g/mol. The van der Waals surface area contributed by atoms with Crippen LogP contribution in [0.2, 0.25) is 0 Å². The number of aryl methyl sites for hydroxylation is 1. The fourth-order valence-corrected chi connectivity index (χ4v) is 4.05. The lowest BCUT2D eigenvalue weighted by atomic mass is 10.2. The molecule has 1 aliphatic carbocycles. The van der Waals surface area contributed by atoms with Crippen molar-refractivity contribution in [3.63, 3.8) is 0 Å². The molecule has 0 spiro atoms. The Morgan fingerprint density at radius 3 is 2.83 bits per heavy atom. The van der Waals surface area contributed by atoms with E-state index in [2.05, 4.69) is 10.3 Å². The number of nitrogens with one attached hydrogen (secondary N) is 1. The van der Waals surface area contributed by atoms with Crippen LogP contribution in [0, 0.1) is 6.92 Å². The zero-order valence-corrected chi connectivity index (χ0v) is 13.9. The maximum absolute atomic E-state index is 12.6. The molecule has 2 N–H and O–H groups in total. The van der Waals surface area contributed by atoms with Crippen molar-refractivity contribution >= 4 is 23.4 Å². The Kier molecular flexibility index (Phi) is 4.86. The third-order valence-corrected chi connectivity index (χ3v) is 5.35. The molecule has 0 saturated heterocycles. The molecule has 2 aromatic rings. The molecule has 5 heteroatoms. The van der Waals surface area contributed by atoms with Crippen LogP contribution >= 0.6 is 11.8 Å². The Morgan fingerprint density at radius 1 is 1.30 bits per heavy atom. The number of anilines is 1. The van der Waals surface area contributed by atoms with Crippen molar-refractivity contribution in [2.45, 2.75) is 42.9 Å². The largest absolute Gasteiger partial charge is 0.506 e. The number of carbonyl (C=O) groups excluding carboxylic acids is 1. The topological polar surface area (TPSA) is 62.2 Å². The van der Waals surface area contributed by atoms with Crippen LogP contribution in [-0.2, 0) is 0 Å². The molecule has 120 valence electrons. The van der Waals surface area contributed by atoms with Crippen LogP contribution in [0.15, 0.2) is 41.6 Å².